The van der Waals surface area contributed by atoms with Gasteiger partial charge in [-0.25, -0.2) is 0 Å². The van der Waals surface area contributed by atoms with Crippen LogP contribution in [0.5, 0.6) is 0 Å². The van der Waals surface area contributed by atoms with Gasteiger partial charge in [0.2, 0.25) is 5.91 Å². The van der Waals surface area contributed by atoms with Gasteiger partial charge in [-0.2, -0.15) is 0 Å². The summed E-state index contributed by atoms with van der Waals surface area (Å²) in [5.74, 6) is -0.711. The lowest BCUT2D eigenvalue weighted by Gasteiger charge is -2.31. The number of carbonyl (C=O) groups excluding carboxylic acids is 2. The second-order valence-corrected chi connectivity index (χ2v) is 8.27. The first-order valence-corrected chi connectivity index (χ1v) is 11.5. The quantitative estimate of drug-likeness (QED) is 0.368. The van der Waals surface area contributed by atoms with Crippen LogP contribution in [0.1, 0.15) is 27.9 Å². The van der Waals surface area contributed by atoms with Crippen LogP contribution >= 0.6 is 0 Å². The summed E-state index contributed by atoms with van der Waals surface area (Å²) in [6.45, 7) is 0.297. The van der Waals surface area contributed by atoms with Crippen LogP contribution in [0.15, 0.2) is 115 Å². The molecule has 0 radical (unpaired) electrons. The number of nitrogens with two attached hydrogens (primary N) is 1. The minimum absolute atomic E-state index is 0.208. The fourth-order valence-electron chi connectivity index (χ4n) is 4.20. The summed E-state index contributed by atoms with van der Waals surface area (Å²) < 4.78 is 0. The molecule has 2 amide bonds. The third kappa shape index (κ3) is 5.59. The van der Waals surface area contributed by atoms with Gasteiger partial charge < -0.3 is 10.6 Å². The van der Waals surface area contributed by atoms with Gasteiger partial charge in [-0.1, -0.05) is 109 Å². The molecule has 34 heavy (non-hydrogen) atoms. The van der Waals surface area contributed by atoms with Gasteiger partial charge in [0, 0.05) is 12.1 Å². The first-order chi connectivity index (χ1) is 16.6. The number of benzene rings is 4. The summed E-state index contributed by atoms with van der Waals surface area (Å²) in [5.41, 5.74) is 10.3. The number of carbonyl (C=O) groups is 2. The number of nitrogens with zero attached hydrogens (tertiary/aromatic N) is 1. The van der Waals surface area contributed by atoms with Gasteiger partial charge in [-0.3, -0.25) is 9.59 Å². The highest BCUT2D eigenvalue weighted by atomic mass is 16.2. The highest BCUT2D eigenvalue weighted by Gasteiger charge is 2.30. The van der Waals surface area contributed by atoms with Crippen LogP contribution in [-0.4, -0.2) is 22.8 Å². The van der Waals surface area contributed by atoms with Gasteiger partial charge in [-0.15, -0.1) is 0 Å². The van der Waals surface area contributed by atoms with Crippen molar-refractivity contribution in [3.8, 4) is 11.1 Å². The molecule has 0 unspecified atom stereocenters. The molecule has 4 heteroatoms. The van der Waals surface area contributed by atoms with Gasteiger partial charge in [-0.05, 0) is 41.2 Å². The molecule has 4 aromatic carbocycles. The van der Waals surface area contributed by atoms with E-state index in [1.807, 2.05) is 115 Å². The minimum atomic E-state index is -0.739. The maximum Gasteiger partial charge on any atom is 0.255 e. The Balaban J connectivity index is 1.71. The van der Waals surface area contributed by atoms with E-state index in [-0.39, 0.29) is 5.91 Å². The van der Waals surface area contributed by atoms with E-state index in [0.717, 1.165) is 22.3 Å². The van der Waals surface area contributed by atoms with Gasteiger partial charge in [0.15, 0.2) is 0 Å². The van der Waals surface area contributed by atoms with E-state index in [9.17, 15) is 9.59 Å². The van der Waals surface area contributed by atoms with Crippen molar-refractivity contribution in [3.05, 3.63) is 132 Å². The molecule has 2 N–H and O–H groups in total. The molecule has 1 atom stereocenters. The van der Waals surface area contributed by atoms with Crippen LogP contribution in [0.3, 0.4) is 0 Å². The molecule has 4 nitrogen and oxygen atoms in total. The summed E-state index contributed by atoms with van der Waals surface area (Å²) in [7, 11) is 0. The Morgan fingerprint density at radius 3 is 1.82 bits per heavy atom. The Morgan fingerprint density at radius 2 is 1.21 bits per heavy atom. The van der Waals surface area contributed by atoms with E-state index in [1.165, 1.54) is 0 Å². The van der Waals surface area contributed by atoms with E-state index in [0.29, 0.717) is 24.9 Å². The van der Waals surface area contributed by atoms with E-state index in [4.69, 9.17) is 5.73 Å². The van der Waals surface area contributed by atoms with Crippen molar-refractivity contribution in [1.29, 1.82) is 0 Å². The fraction of sp³-hybridized carbons (Fsp3) is 0.133. The Labute approximate surface area is 200 Å². The van der Waals surface area contributed by atoms with E-state index in [2.05, 4.69) is 0 Å². The molecule has 170 valence electrons. The number of amides is 2. The lowest BCUT2D eigenvalue weighted by atomic mass is 9.97. The van der Waals surface area contributed by atoms with Gasteiger partial charge in [0.1, 0.15) is 6.04 Å². The first-order valence-electron chi connectivity index (χ1n) is 11.5. The summed E-state index contributed by atoms with van der Waals surface area (Å²) in [6.07, 6.45) is 1.10. The first kappa shape index (κ1) is 23.0. The third-order valence-electron chi connectivity index (χ3n) is 5.95. The highest BCUT2D eigenvalue weighted by Crippen LogP contribution is 2.26. The molecular weight excluding hydrogens is 420 g/mol. The summed E-state index contributed by atoms with van der Waals surface area (Å²) in [6, 6.07) is 36.2. The Hall–Kier alpha value is -4.18. The van der Waals surface area contributed by atoms with Crippen molar-refractivity contribution in [2.45, 2.75) is 25.4 Å². The topological polar surface area (TPSA) is 63.4 Å². The average molecular weight is 449 g/mol. The average Bonchev–Trinajstić information content (AvgIpc) is 2.89. The normalized spacial score (nSPS) is 11.5. The van der Waals surface area contributed by atoms with E-state index < -0.39 is 11.9 Å². The van der Waals surface area contributed by atoms with Crippen molar-refractivity contribution >= 4 is 11.8 Å². The van der Waals surface area contributed by atoms with Crippen molar-refractivity contribution < 1.29 is 9.59 Å². The predicted molar refractivity (Wildman–Crippen MR) is 136 cm³/mol. The largest absolute Gasteiger partial charge is 0.368 e. The molecule has 0 aliphatic carbocycles. The van der Waals surface area contributed by atoms with Crippen LogP contribution in [-0.2, 0) is 17.8 Å². The van der Waals surface area contributed by atoms with Gasteiger partial charge >= 0.3 is 0 Å². The zero-order chi connectivity index (χ0) is 23.8. The summed E-state index contributed by atoms with van der Waals surface area (Å²) in [4.78, 5) is 28.3. The monoisotopic (exact) mass is 448 g/mol. The molecule has 4 aromatic rings. The Kier molecular flexibility index (Phi) is 7.51. The molecule has 4 rings (SSSR count). The van der Waals surface area contributed by atoms with Gasteiger partial charge in [0.25, 0.3) is 5.91 Å². The molecule has 0 spiro atoms. The molecule has 0 bridgehead atoms. The smallest absolute Gasteiger partial charge is 0.255 e. The number of rotatable bonds is 9. The summed E-state index contributed by atoms with van der Waals surface area (Å²) in [5, 5.41) is 0. The third-order valence-corrected chi connectivity index (χ3v) is 5.95. The Morgan fingerprint density at radius 1 is 0.676 bits per heavy atom. The molecule has 0 fully saturated rings. The lowest BCUT2D eigenvalue weighted by Crippen LogP contribution is -2.48. The molecule has 0 saturated heterocycles. The maximum atomic E-state index is 14.0. The molecule has 0 aromatic heterocycles. The number of hydrogen-bond donors (Lipinski definition) is 1. The minimum Gasteiger partial charge on any atom is -0.368 e. The van der Waals surface area contributed by atoms with Crippen LogP contribution in [0, 0.1) is 0 Å². The molecule has 0 heterocycles. The second kappa shape index (κ2) is 11.1. The lowest BCUT2D eigenvalue weighted by molar-refractivity contribution is -0.122. The number of aryl methyl sites for hydroxylation is 1. The molecule has 0 aliphatic rings. The van der Waals surface area contributed by atoms with Crippen molar-refractivity contribution in [1.82, 2.24) is 4.90 Å². The van der Waals surface area contributed by atoms with Crippen molar-refractivity contribution in [2.24, 2.45) is 5.73 Å². The SMILES string of the molecule is NC(=O)[C@H](CCc1ccccc1)N(Cc1ccccc1)C(=O)c1ccccc1-c1ccccc1. The summed E-state index contributed by atoms with van der Waals surface area (Å²) >= 11 is 0. The standard InChI is InChI=1S/C30H28N2O2/c31-29(33)28(21-20-23-12-4-1-5-13-23)32(22-24-14-6-2-7-15-24)30(34)27-19-11-10-18-26(27)25-16-8-3-9-17-25/h1-19,28H,20-22H2,(H2,31,33)/t28-/m0/s1. The maximum absolute atomic E-state index is 14.0. The van der Waals surface area contributed by atoms with Crippen LogP contribution in [0.25, 0.3) is 11.1 Å². The van der Waals surface area contributed by atoms with Crippen molar-refractivity contribution in [2.75, 3.05) is 0 Å². The number of hydrogen-bond acceptors (Lipinski definition) is 2. The zero-order valence-corrected chi connectivity index (χ0v) is 19.0. The van der Waals surface area contributed by atoms with Crippen LogP contribution in [0.2, 0.25) is 0 Å². The number of primary amides is 1. The zero-order valence-electron chi connectivity index (χ0n) is 19.0. The van der Waals surface area contributed by atoms with Crippen molar-refractivity contribution in [3.63, 3.8) is 0 Å². The second-order valence-electron chi connectivity index (χ2n) is 8.27. The van der Waals surface area contributed by atoms with Gasteiger partial charge in [0.05, 0.1) is 0 Å². The van der Waals surface area contributed by atoms with E-state index >= 15 is 0 Å². The molecule has 0 aliphatic heterocycles. The highest BCUT2D eigenvalue weighted by molar-refractivity contribution is 6.02. The molecule has 0 saturated carbocycles. The fourth-order valence-corrected chi connectivity index (χ4v) is 4.20. The van der Waals surface area contributed by atoms with Crippen LogP contribution < -0.4 is 5.73 Å². The van der Waals surface area contributed by atoms with Crippen LogP contribution in [0.4, 0.5) is 0 Å². The predicted octanol–water partition coefficient (Wildman–Crippen LogP) is 5.48. The van der Waals surface area contributed by atoms with E-state index in [1.54, 1.807) is 4.90 Å². The Bertz CT molecular complexity index is 1220. The molecular formula is C30H28N2O2.